The van der Waals surface area contributed by atoms with Gasteiger partial charge in [-0.05, 0) is 42.3 Å². The number of para-hydroxylation sites is 2. The average molecular weight is 448 g/mol. The Labute approximate surface area is 190 Å². The molecule has 0 bridgehead atoms. The smallest absolute Gasteiger partial charge is 0.284 e. The van der Waals surface area contributed by atoms with Gasteiger partial charge in [0, 0.05) is 37.6 Å². The third-order valence-corrected chi connectivity index (χ3v) is 9.99. The molecule has 0 aliphatic carbocycles. The molecule has 1 unspecified atom stereocenters. The molecule has 2 saturated heterocycles. The highest BCUT2D eigenvalue weighted by atomic mass is 31.2. The number of hydrogen-bond acceptors (Lipinski definition) is 3. The Morgan fingerprint density at radius 1 is 0.719 bits per heavy atom. The van der Waals surface area contributed by atoms with Crippen LogP contribution >= 0.6 is 7.44 Å². The van der Waals surface area contributed by atoms with Crippen LogP contribution in [0.25, 0.3) is 0 Å². The lowest BCUT2D eigenvalue weighted by Crippen LogP contribution is -2.42. The Bertz CT molecular complexity index is 1030. The molecule has 1 atom stereocenters. The van der Waals surface area contributed by atoms with Crippen molar-refractivity contribution < 1.29 is 9.30 Å². The Hall–Kier alpha value is -2.59. The predicted octanol–water partition coefficient (Wildman–Crippen LogP) is 5.55. The minimum Gasteiger partial charge on any atom is -0.379 e. The summed E-state index contributed by atoms with van der Waals surface area (Å²) in [6.45, 7) is 6.46. The number of hydrogen-bond donors (Lipinski definition) is 0. The van der Waals surface area contributed by atoms with Crippen LogP contribution in [0.4, 0.5) is 11.4 Å². The van der Waals surface area contributed by atoms with Crippen molar-refractivity contribution in [2.45, 2.75) is 12.7 Å². The number of rotatable bonds is 5. The number of benzene rings is 3. The van der Waals surface area contributed by atoms with Gasteiger partial charge in [-0.25, -0.2) is 0 Å². The molecule has 2 aliphatic rings. The summed E-state index contributed by atoms with van der Waals surface area (Å²) in [5, 5.41) is 0. The topological polar surface area (TPSA) is 36.0 Å². The zero-order valence-electron chi connectivity index (χ0n) is 18.5. The Kier molecular flexibility index (Phi) is 6.05. The normalized spacial score (nSPS) is 19.8. The third kappa shape index (κ3) is 3.75. The van der Waals surface area contributed by atoms with E-state index in [0.29, 0.717) is 13.2 Å². The van der Waals surface area contributed by atoms with E-state index < -0.39 is 7.44 Å². The maximum absolute atomic E-state index is 15.6. The maximum atomic E-state index is 15.6. The summed E-state index contributed by atoms with van der Waals surface area (Å²) in [6.07, 6.45) is 0. The minimum absolute atomic E-state index is 0.240. The van der Waals surface area contributed by atoms with Crippen molar-refractivity contribution in [2.75, 3.05) is 48.7 Å². The average Bonchev–Trinajstić information content (AvgIpc) is 3.20. The molecule has 0 aromatic heterocycles. The highest BCUT2D eigenvalue weighted by Gasteiger charge is 2.52. The molecular weight excluding hydrogens is 417 g/mol. The van der Waals surface area contributed by atoms with Crippen LogP contribution in [0.1, 0.15) is 16.9 Å². The lowest BCUT2D eigenvalue weighted by molar-refractivity contribution is 0.0302. The summed E-state index contributed by atoms with van der Waals surface area (Å²) < 4.78 is 25.6. The molecular formula is C26H30N3O2P. The molecule has 32 heavy (non-hydrogen) atoms. The van der Waals surface area contributed by atoms with Crippen molar-refractivity contribution in [3.63, 3.8) is 0 Å². The summed E-state index contributed by atoms with van der Waals surface area (Å²) >= 11 is 0. The number of ether oxygens (including phenoxy) is 1. The zero-order chi connectivity index (χ0) is 22.0. The molecule has 0 N–H and O–H groups in total. The van der Waals surface area contributed by atoms with E-state index in [4.69, 9.17) is 4.74 Å². The van der Waals surface area contributed by atoms with Gasteiger partial charge in [0.15, 0.2) is 0 Å². The first kappa shape index (κ1) is 21.3. The van der Waals surface area contributed by atoms with E-state index >= 15 is 4.57 Å². The van der Waals surface area contributed by atoms with Crippen LogP contribution in [0.2, 0.25) is 0 Å². The molecule has 0 radical (unpaired) electrons. The van der Waals surface area contributed by atoms with Crippen molar-refractivity contribution in [1.82, 2.24) is 4.90 Å². The second-order valence-electron chi connectivity index (χ2n) is 8.39. The van der Waals surface area contributed by atoms with E-state index in [1.54, 1.807) is 0 Å². The van der Waals surface area contributed by atoms with Gasteiger partial charge in [0.05, 0.1) is 13.2 Å². The Morgan fingerprint density at radius 3 is 1.75 bits per heavy atom. The van der Waals surface area contributed by atoms with Crippen molar-refractivity contribution in [2.24, 2.45) is 0 Å². The van der Waals surface area contributed by atoms with E-state index in [2.05, 4.69) is 69.7 Å². The fourth-order valence-electron chi connectivity index (χ4n) is 4.95. The molecule has 5 rings (SSSR count). The first-order valence-electron chi connectivity index (χ1n) is 11.3. The van der Waals surface area contributed by atoms with Gasteiger partial charge in [-0.2, -0.15) is 0 Å². The zero-order valence-corrected chi connectivity index (χ0v) is 19.4. The lowest BCUT2D eigenvalue weighted by atomic mass is 10.1. The van der Waals surface area contributed by atoms with Crippen LogP contribution < -0.4 is 9.34 Å². The van der Waals surface area contributed by atoms with Crippen molar-refractivity contribution in [1.29, 1.82) is 0 Å². The standard InChI is InChI=1S/C26H30N3O2P/c1-22-10-8-9-15-25(22)26(27-18-20-31-21-19-27)32(30)28(23-11-4-2-5-12-23)16-17-29(32)24-13-6-3-7-14-24/h2-15,26H,16-21H2,1H3. The minimum atomic E-state index is -3.12. The first-order valence-corrected chi connectivity index (χ1v) is 13.0. The molecule has 2 heterocycles. The van der Waals surface area contributed by atoms with E-state index in [0.717, 1.165) is 43.1 Å². The van der Waals surface area contributed by atoms with Crippen LogP contribution in [0.3, 0.4) is 0 Å². The molecule has 2 aliphatic heterocycles. The molecule has 0 spiro atoms. The van der Waals surface area contributed by atoms with E-state index in [9.17, 15) is 0 Å². The van der Waals surface area contributed by atoms with Gasteiger partial charge in [0.1, 0.15) is 5.78 Å². The van der Waals surface area contributed by atoms with E-state index in [-0.39, 0.29) is 5.78 Å². The van der Waals surface area contributed by atoms with Crippen molar-refractivity contribution in [3.05, 3.63) is 96.1 Å². The first-order chi connectivity index (χ1) is 15.7. The molecule has 166 valence electrons. The van der Waals surface area contributed by atoms with Crippen molar-refractivity contribution in [3.8, 4) is 0 Å². The number of morpholine rings is 1. The molecule has 0 saturated carbocycles. The van der Waals surface area contributed by atoms with Crippen LogP contribution in [-0.2, 0) is 9.30 Å². The molecule has 5 nitrogen and oxygen atoms in total. The number of anilines is 2. The summed E-state index contributed by atoms with van der Waals surface area (Å²) in [6, 6.07) is 28.9. The van der Waals surface area contributed by atoms with Crippen molar-refractivity contribution >= 4 is 18.8 Å². The lowest BCUT2D eigenvalue weighted by Gasteiger charge is -2.44. The monoisotopic (exact) mass is 447 g/mol. The number of aryl methyl sites for hydroxylation is 1. The third-order valence-electron chi connectivity index (χ3n) is 6.50. The molecule has 3 aromatic carbocycles. The van der Waals surface area contributed by atoms with E-state index in [1.807, 2.05) is 36.4 Å². The Balaban J connectivity index is 1.71. The predicted molar refractivity (Wildman–Crippen MR) is 131 cm³/mol. The number of nitrogens with zero attached hydrogens (tertiary/aromatic N) is 3. The van der Waals surface area contributed by atoms with Crippen LogP contribution in [0.15, 0.2) is 84.9 Å². The second-order valence-corrected chi connectivity index (χ2v) is 11.0. The maximum Gasteiger partial charge on any atom is 0.284 e. The van der Waals surface area contributed by atoms with E-state index in [1.165, 1.54) is 5.56 Å². The SMILES string of the molecule is Cc1ccccc1C(N1CCOCC1)P1(=O)N(c2ccccc2)CCN1c1ccccc1. The summed E-state index contributed by atoms with van der Waals surface area (Å²) in [5.74, 6) is -0.240. The highest BCUT2D eigenvalue weighted by molar-refractivity contribution is 7.67. The van der Waals surface area contributed by atoms with Gasteiger partial charge in [-0.3, -0.25) is 9.46 Å². The largest absolute Gasteiger partial charge is 0.379 e. The van der Waals surface area contributed by atoms with Crippen LogP contribution in [0, 0.1) is 6.92 Å². The van der Waals surface area contributed by atoms with Gasteiger partial charge in [-0.15, -0.1) is 0 Å². The summed E-state index contributed by atoms with van der Waals surface area (Å²) in [4.78, 5) is 2.38. The fraction of sp³-hybridized carbons (Fsp3) is 0.308. The van der Waals surface area contributed by atoms with Gasteiger partial charge >= 0.3 is 0 Å². The summed E-state index contributed by atoms with van der Waals surface area (Å²) in [5.41, 5.74) is 4.34. The fourth-order valence-corrected chi connectivity index (χ4v) is 8.73. The Morgan fingerprint density at radius 2 is 1.22 bits per heavy atom. The molecule has 3 aromatic rings. The second kappa shape index (κ2) is 9.11. The van der Waals surface area contributed by atoms with Gasteiger partial charge < -0.3 is 14.1 Å². The molecule has 2 fully saturated rings. The molecule has 6 heteroatoms. The molecule has 0 amide bonds. The summed E-state index contributed by atoms with van der Waals surface area (Å²) in [7, 11) is -3.12. The van der Waals surface area contributed by atoms with Crippen LogP contribution in [0.5, 0.6) is 0 Å². The van der Waals surface area contributed by atoms with Gasteiger partial charge in [-0.1, -0.05) is 60.7 Å². The van der Waals surface area contributed by atoms with Gasteiger partial charge in [0.25, 0.3) is 7.44 Å². The van der Waals surface area contributed by atoms with Gasteiger partial charge in [0.2, 0.25) is 0 Å². The highest BCUT2D eigenvalue weighted by Crippen LogP contribution is 2.70. The van der Waals surface area contributed by atoms with Crippen LogP contribution in [-0.4, -0.2) is 44.3 Å². The quantitative estimate of drug-likeness (QED) is 0.480.